The molecule has 1 aromatic rings. The first kappa shape index (κ1) is 19.9. The van der Waals surface area contributed by atoms with Gasteiger partial charge in [0.1, 0.15) is 23.7 Å². The number of hydrogen-bond donors (Lipinski definition) is 1. The van der Waals surface area contributed by atoms with Gasteiger partial charge in [-0.25, -0.2) is 8.78 Å². The van der Waals surface area contributed by atoms with Crippen molar-refractivity contribution in [2.24, 2.45) is 23.7 Å². The maximum absolute atomic E-state index is 12.4. The summed E-state index contributed by atoms with van der Waals surface area (Å²) in [7, 11) is 0. The quantitative estimate of drug-likeness (QED) is 0.683. The fourth-order valence-corrected chi connectivity index (χ4v) is 4.14. The average molecular weight is 352 g/mol. The zero-order chi connectivity index (χ0) is 18.4. The summed E-state index contributed by atoms with van der Waals surface area (Å²) in [5, 5.41) is 8.64. The zero-order valence-corrected chi connectivity index (χ0v) is 15.3. The molecule has 0 amide bonds. The first-order chi connectivity index (χ1) is 11.9. The Hall–Kier alpha value is -1.45. The molecule has 0 spiro atoms. The highest BCUT2D eigenvalue weighted by atomic mass is 19.1. The molecule has 140 valence electrons. The number of carbonyl (C=O) groups excluding carboxylic acids is 1. The van der Waals surface area contributed by atoms with Crippen LogP contribution in [0, 0.1) is 42.2 Å². The highest BCUT2D eigenvalue weighted by Gasteiger charge is 2.29. The minimum Gasteiger partial charge on any atom is -0.508 e. The number of phenols is 1. The third kappa shape index (κ3) is 5.79. The van der Waals surface area contributed by atoms with Crippen molar-refractivity contribution in [3.63, 3.8) is 0 Å². The summed E-state index contributed by atoms with van der Waals surface area (Å²) in [6, 6.07) is 1.75. The smallest absolute Gasteiger partial charge is 0.132 e. The fraction of sp³-hybridized carbons (Fsp3) is 0.667. The van der Waals surface area contributed by atoms with Gasteiger partial charge in [-0.3, -0.25) is 0 Å². The number of phenolic OH excluding ortho intramolecular Hbond substituents is 1. The summed E-state index contributed by atoms with van der Waals surface area (Å²) >= 11 is 0. The molecule has 2 nitrogen and oxygen atoms in total. The highest BCUT2D eigenvalue weighted by molar-refractivity contribution is 5.53. The average Bonchev–Trinajstić information content (AvgIpc) is 2.61. The van der Waals surface area contributed by atoms with E-state index in [0.717, 1.165) is 29.9 Å². The Morgan fingerprint density at radius 1 is 0.920 bits per heavy atom. The number of hydrogen-bond acceptors (Lipinski definition) is 2. The lowest BCUT2D eigenvalue weighted by Crippen LogP contribution is -2.25. The Labute approximate surface area is 149 Å². The molecule has 0 unspecified atom stereocenters. The molecule has 0 saturated heterocycles. The van der Waals surface area contributed by atoms with Gasteiger partial charge in [0.25, 0.3) is 0 Å². The van der Waals surface area contributed by atoms with Crippen LogP contribution in [0.2, 0.25) is 0 Å². The third-order valence-corrected chi connectivity index (χ3v) is 6.00. The highest BCUT2D eigenvalue weighted by Crippen LogP contribution is 2.40. The molecular weight excluding hydrogens is 322 g/mol. The molecule has 1 N–H and O–H groups in total. The van der Waals surface area contributed by atoms with Gasteiger partial charge in [-0.2, -0.15) is 0 Å². The van der Waals surface area contributed by atoms with Crippen LogP contribution in [0.4, 0.5) is 8.78 Å². The normalized spacial score (nSPS) is 29.4. The molecule has 0 aromatic heterocycles. The van der Waals surface area contributed by atoms with E-state index in [2.05, 4.69) is 6.92 Å². The number of benzene rings is 1. The van der Waals surface area contributed by atoms with Crippen LogP contribution in [0.1, 0.15) is 63.9 Å². The first-order valence-corrected chi connectivity index (χ1v) is 9.50. The van der Waals surface area contributed by atoms with E-state index in [-0.39, 0.29) is 11.3 Å². The van der Waals surface area contributed by atoms with Crippen molar-refractivity contribution in [2.75, 3.05) is 0 Å². The lowest BCUT2D eigenvalue weighted by Gasteiger charge is -2.36. The number of carbonyl (C=O) groups is 1. The van der Waals surface area contributed by atoms with Crippen LogP contribution in [-0.2, 0) is 4.79 Å². The maximum Gasteiger partial charge on any atom is 0.132 e. The molecule has 1 aromatic carbocycles. The van der Waals surface area contributed by atoms with Crippen LogP contribution >= 0.6 is 0 Å². The van der Waals surface area contributed by atoms with E-state index >= 15 is 0 Å². The predicted octanol–water partition coefficient (Wildman–Crippen LogP) is 5.80. The van der Waals surface area contributed by atoms with Crippen LogP contribution in [0.15, 0.2) is 12.1 Å². The van der Waals surface area contributed by atoms with Crippen LogP contribution in [0.3, 0.4) is 0 Å². The molecule has 2 fully saturated rings. The predicted molar refractivity (Wildman–Crippen MR) is 95.4 cm³/mol. The zero-order valence-electron chi connectivity index (χ0n) is 15.3. The van der Waals surface area contributed by atoms with Crippen molar-refractivity contribution in [1.29, 1.82) is 0 Å². The summed E-state index contributed by atoms with van der Waals surface area (Å²) in [5.74, 6) is 1.47. The van der Waals surface area contributed by atoms with E-state index in [4.69, 9.17) is 5.11 Å². The third-order valence-electron chi connectivity index (χ3n) is 6.00. The van der Waals surface area contributed by atoms with Crippen molar-refractivity contribution in [2.45, 2.75) is 65.2 Å². The molecule has 2 aliphatic carbocycles. The standard InChI is InChI=1S/C14H24O.C7H6F2O/c1-11-2-6-13(7-3-11)14-8-4-12(10-15)5-9-14;1-4-6(8)2-5(10)3-7(4)9/h10-14H,2-9H2,1H3;2-3,10H,1H3. The lowest BCUT2D eigenvalue weighted by atomic mass is 9.70. The van der Waals surface area contributed by atoms with E-state index < -0.39 is 11.6 Å². The molecule has 0 radical (unpaired) electrons. The van der Waals surface area contributed by atoms with Crippen LogP contribution in [-0.4, -0.2) is 11.4 Å². The maximum atomic E-state index is 12.4. The van der Waals surface area contributed by atoms with Gasteiger partial charge in [0.15, 0.2) is 0 Å². The van der Waals surface area contributed by atoms with Gasteiger partial charge >= 0.3 is 0 Å². The Bertz CT molecular complexity index is 534. The van der Waals surface area contributed by atoms with Gasteiger partial charge in [0.05, 0.1) is 0 Å². The molecule has 0 aliphatic heterocycles. The topological polar surface area (TPSA) is 37.3 Å². The van der Waals surface area contributed by atoms with Crippen LogP contribution in [0.25, 0.3) is 0 Å². The van der Waals surface area contributed by atoms with Crippen molar-refractivity contribution in [3.8, 4) is 5.75 Å². The van der Waals surface area contributed by atoms with E-state index in [1.165, 1.54) is 64.6 Å². The second-order valence-corrected chi connectivity index (χ2v) is 7.87. The molecule has 0 atom stereocenters. The summed E-state index contributed by atoms with van der Waals surface area (Å²) in [6.45, 7) is 3.70. The minimum absolute atomic E-state index is 0.0715. The molecule has 3 rings (SSSR count). The number of rotatable bonds is 2. The summed E-state index contributed by atoms with van der Waals surface area (Å²) < 4.78 is 24.9. The van der Waals surface area contributed by atoms with E-state index in [1.807, 2.05) is 0 Å². The fourth-order valence-electron chi connectivity index (χ4n) is 4.14. The van der Waals surface area contributed by atoms with Crippen molar-refractivity contribution in [1.82, 2.24) is 0 Å². The van der Waals surface area contributed by atoms with Gasteiger partial charge in [-0.1, -0.05) is 19.8 Å². The number of halogens is 2. The van der Waals surface area contributed by atoms with Gasteiger partial charge in [0, 0.05) is 23.6 Å². The number of aromatic hydroxyl groups is 1. The Morgan fingerprint density at radius 2 is 1.36 bits per heavy atom. The van der Waals surface area contributed by atoms with Crippen molar-refractivity contribution >= 4 is 6.29 Å². The molecular formula is C21H30F2O2. The monoisotopic (exact) mass is 352 g/mol. The summed E-state index contributed by atoms with van der Waals surface area (Å²) in [6.07, 6.45) is 12.0. The largest absolute Gasteiger partial charge is 0.508 e. The van der Waals surface area contributed by atoms with Gasteiger partial charge < -0.3 is 9.90 Å². The Kier molecular flexibility index (Phi) is 7.39. The number of aldehydes is 1. The Morgan fingerprint density at radius 3 is 1.80 bits per heavy atom. The van der Waals surface area contributed by atoms with Crippen LogP contribution in [0.5, 0.6) is 5.75 Å². The van der Waals surface area contributed by atoms with E-state index in [0.29, 0.717) is 5.92 Å². The van der Waals surface area contributed by atoms with Crippen molar-refractivity contribution < 1.29 is 18.7 Å². The molecule has 0 bridgehead atoms. The van der Waals surface area contributed by atoms with Crippen LogP contribution < -0.4 is 0 Å². The Balaban J connectivity index is 0.000000196. The summed E-state index contributed by atoms with van der Waals surface area (Å²) in [4.78, 5) is 10.7. The van der Waals surface area contributed by atoms with Crippen molar-refractivity contribution in [3.05, 3.63) is 29.3 Å². The second kappa shape index (κ2) is 9.30. The minimum atomic E-state index is -0.725. The molecule has 2 aliphatic rings. The summed E-state index contributed by atoms with van der Waals surface area (Å²) in [5.41, 5.74) is -0.0715. The SMILES string of the molecule is CC1CCC(C2CCC(C=O)CC2)CC1.Cc1c(F)cc(O)cc1F. The molecule has 4 heteroatoms. The lowest BCUT2D eigenvalue weighted by molar-refractivity contribution is -0.112. The molecule has 0 heterocycles. The van der Waals surface area contributed by atoms with Gasteiger partial charge in [-0.15, -0.1) is 0 Å². The van der Waals surface area contributed by atoms with Gasteiger partial charge in [0.2, 0.25) is 0 Å². The first-order valence-electron chi connectivity index (χ1n) is 9.50. The van der Waals surface area contributed by atoms with E-state index in [9.17, 15) is 13.6 Å². The van der Waals surface area contributed by atoms with E-state index in [1.54, 1.807) is 0 Å². The second-order valence-electron chi connectivity index (χ2n) is 7.87. The molecule has 25 heavy (non-hydrogen) atoms. The molecule has 2 saturated carbocycles. The van der Waals surface area contributed by atoms with Gasteiger partial charge in [-0.05, 0) is 63.2 Å².